The molecule has 10 heteroatoms. The number of carbonyl (C=O) groups excluding carboxylic acids is 1. The molecular weight excluding hydrogens is 549 g/mol. The van der Waals surface area contributed by atoms with Crippen molar-refractivity contribution in [2.75, 3.05) is 0 Å². The Kier molecular flexibility index (Phi) is 9.46. The maximum Gasteiger partial charge on any atom is 0.416 e. The first-order chi connectivity index (χ1) is 20.0. The van der Waals surface area contributed by atoms with Crippen molar-refractivity contribution in [2.45, 2.75) is 45.5 Å². The van der Waals surface area contributed by atoms with Gasteiger partial charge in [0, 0.05) is 35.7 Å². The molecule has 0 aliphatic carbocycles. The maximum atomic E-state index is 12.8. The van der Waals surface area contributed by atoms with Crippen molar-refractivity contribution < 1.29 is 37.0 Å². The van der Waals surface area contributed by atoms with Crippen LogP contribution in [0.2, 0.25) is 0 Å². The monoisotopic (exact) mass is 578 g/mol. The molecule has 1 atom stereocenters. The number of aromatic nitrogens is 1. The number of oxazole rings is 1. The van der Waals surface area contributed by atoms with Gasteiger partial charge in [0.2, 0.25) is 5.89 Å². The van der Waals surface area contributed by atoms with E-state index in [4.69, 9.17) is 9.15 Å². The Morgan fingerprint density at radius 3 is 2.29 bits per heavy atom. The summed E-state index contributed by atoms with van der Waals surface area (Å²) in [6.07, 6.45) is -2.58. The lowest BCUT2D eigenvalue weighted by molar-refractivity contribution is -0.139. The second-order valence-corrected chi connectivity index (χ2v) is 9.55. The first-order valence-electron chi connectivity index (χ1n) is 13.2. The molecule has 0 unspecified atom stereocenters. The molecule has 0 saturated carbocycles. The largest absolute Gasteiger partial charge is 0.487 e. The average Bonchev–Trinajstić information content (AvgIpc) is 3.40. The summed E-state index contributed by atoms with van der Waals surface area (Å²) in [5.74, 6) is 0.161. The smallest absolute Gasteiger partial charge is 0.416 e. The standard InChI is InChI=1S/C32H29F3N2O5/c1-3-29-27(37-30(42-29)23-7-5-4-6-8-23)19-41-25-15-9-21(10-16-25)18-26(31(39)40)36-20(2)17-28(38)22-11-13-24(14-12-22)32(33,34)35/h4-17,26,36H,3,18-19H2,1-2H3,(H,39,40)/b20-17-/t26-/m0/s1. The van der Waals surface area contributed by atoms with Gasteiger partial charge in [-0.15, -0.1) is 0 Å². The summed E-state index contributed by atoms with van der Waals surface area (Å²) in [7, 11) is 0. The SMILES string of the molecule is CCc1oc(-c2ccccc2)nc1COc1ccc(C[C@H](N/C(C)=C\C(=O)c2ccc(C(F)(F)F)cc2)C(=O)O)cc1. The number of ketones is 1. The van der Waals surface area contributed by atoms with Crippen LogP contribution >= 0.6 is 0 Å². The minimum absolute atomic E-state index is 0.0552. The number of hydrogen-bond acceptors (Lipinski definition) is 6. The van der Waals surface area contributed by atoms with Crippen LogP contribution in [0.15, 0.2) is 95.1 Å². The number of carboxylic acid groups (broad SMARTS) is 1. The van der Waals surface area contributed by atoms with Crippen LogP contribution in [0.3, 0.4) is 0 Å². The highest BCUT2D eigenvalue weighted by Gasteiger charge is 2.30. The molecule has 2 N–H and O–H groups in total. The number of aryl methyl sites for hydroxylation is 1. The number of carboxylic acids is 1. The van der Waals surface area contributed by atoms with Gasteiger partial charge < -0.3 is 19.6 Å². The van der Waals surface area contributed by atoms with E-state index in [0.717, 1.165) is 41.7 Å². The van der Waals surface area contributed by atoms with E-state index in [1.807, 2.05) is 37.3 Å². The Morgan fingerprint density at radius 2 is 1.69 bits per heavy atom. The fraction of sp³-hybridized carbons (Fsp3) is 0.219. The lowest BCUT2D eigenvalue weighted by Crippen LogP contribution is -2.37. The molecule has 0 bridgehead atoms. The van der Waals surface area contributed by atoms with Crippen LogP contribution in [0.4, 0.5) is 13.2 Å². The van der Waals surface area contributed by atoms with Gasteiger partial charge in [0.1, 0.15) is 29.9 Å². The molecule has 0 aliphatic rings. The molecule has 0 radical (unpaired) electrons. The molecule has 7 nitrogen and oxygen atoms in total. The number of nitrogens with one attached hydrogen (secondary N) is 1. The number of benzene rings is 3. The number of hydrogen-bond donors (Lipinski definition) is 2. The third-order valence-electron chi connectivity index (χ3n) is 6.40. The van der Waals surface area contributed by atoms with Gasteiger partial charge in [-0.1, -0.05) is 49.4 Å². The van der Waals surface area contributed by atoms with Gasteiger partial charge in [0.15, 0.2) is 5.78 Å². The minimum Gasteiger partial charge on any atom is -0.487 e. The van der Waals surface area contributed by atoms with E-state index in [9.17, 15) is 27.9 Å². The number of nitrogens with zero attached hydrogens (tertiary/aromatic N) is 1. The van der Waals surface area contributed by atoms with E-state index in [1.54, 1.807) is 24.3 Å². The molecular formula is C32H29F3N2O5. The molecule has 0 aliphatic heterocycles. The zero-order valence-corrected chi connectivity index (χ0v) is 22.9. The molecule has 0 spiro atoms. The van der Waals surface area contributed by atoms with Crippen LogP contribution in [-0.2, 0) is 30.4 Å². The van der Waals surface area contributed by atoms with Gasteiger partial charge in [-0.2, -0.15) is 13.2 Å². The van der Waals surface area contributed by atoms with Gasteiger partial charge in [0.25, 0.3) is 0 Å². The summed E-state index contributed by atoms with van der Waals surface area (Å²) < 4.78 is 50.1. The van der Waals surface area contributed by atoms with E-state index in [0.29, 0.717) is 29.3 Å². The van der Waals surface area contributed by atoms with Crippen LogP contribution < -0.4 is 10.1 Å². The molecule has 0 fully saturated rings. The molecule has 0 saturated heterocycles. The second-order valence-electron chi connectivity index (χ2n) is 9.55. The van der Waals surface area contributed by atoms with Crippen LogP contribution in [0.5, 0.6) is 5.75 Å². The van der Waals surface area contributed by atoms with Crippen molar-refractivity contribution >= 4 is 11.8 Å². The first kappa shape index (κ1) is 30.1. The fourth-order valence-electron chi connectivity index (χ4n) is 4.21. The van der Waals surface area contributed by atoms with E-state index in [1.165, 1.54) is 6.92 Å². The second kappa shape index (κ2) is 13.2. The van der Waals surface area contributed by atoms with Gasteiger partial charge >= 0.3 is 12.1 Å². The summed E-state index contributed by atoms with van der Waals surface area (Å²) in [6, 6.07) is 19.3. The Bertz CT molecular complexity index is 1540. The zero-order chi connectivity index (χ0) is 30.3. The molecule has 3 aromatic carbocycles. The average molecular weight is 579 g/mol. The van der Waals surface area contributed by atoms with Crippen LogP contribution in [0.25, 0.3) is 11.5 Å². The number of rotatable bonds is 12. The highest BCUT2D eigenvalue weighted by atomic mass is 19.4. The highest BCUT2D eigenvalue weighted by molar-refractivity contribution is 6.04. The van der Waals surface area contributed by atoms with Crippen LogP contribution in [0, 0.1) is 0 Å². The summed E-state index contributed by atoms with van der Waals surface area (Å²) in [5.41, 5.74) is 1.75. The summed E-state index contributed by atoms with van der Waals surface area (Å²) in [6.45, 7) is 3.70. The van der Waals surface area contributed by atoms with E-state index in [-0.39, 0.29) is 24.3 Å². The van der Waals surface area contributed by atoms with Gasteiger partial charge in [0.05, 0.1) is 5.56 Å². The van der Waals surface area contributed by atoms with Crippen molar-refractivity contribution in [1.82, 2.24) is 10.3 Å². The molecule has 218 valence electrons. The number of alkyl halides is 3. The highest BCUT2D eigenvalue weighted by Crippen LogP contribution is 2.29. The summed E-state index contributed by atoms with van der Waals surface area (Å²) in [5, 5.41) is 12.5. The van der Waals surface area contributed by atoms with E-state index >= 15 is 0 Å². The van der Waals surface area contributed by atoms with Crippen LogP contribution in [0.1, 0.15) is 46.8 Å². The quantitative estimate of drug-likeness (QED) is 0.140. The Labute approximate surface area is 240 Å². The fourth-order valence-corrected chi connectivity index (χ4v) is 4.21. The Morgan fingerprint density at radius 1 is 1.02 bits per heavy atom. The zero-order valence-electron chi connectivity index (χ0n) is 22.9. The van der Waals surface area contributed by atoms with Crippen molar-refractivity contribution in [3.63, 3.8) is 0 Å². The number of aliphatic carboxylic acids is 1. The van der Waals surface area contributed by atoms with E-state index in [2.05, 4.69) is 10.3 Å². The minimum atomic E-state index is -4.50. The van der Waals surface area contributed by atoms with Crippen LogP contribution in [-0.4, -0.2) is 27.9 Å². The van der Waals surface area contributed by atoms with Crippen molar-refractivity contribution in [3.05, 3.63) is 119 Å². The van der Waals surface area contributed by atoms with Crippen molar-refractivity contribution in [2.24, 2.45) is 0 Å². The third-order valence-corrected chi connectivity index (χ3v) is 6.40. The lowest BCUT2D eigenvalue weighted by Gasteiger charge is -2.16. The summed E-state index contributed by atoms with van der Waals surface area (Å²) >= 11 is 0. The predicted molar refractivity (Wildman–Crippen MR) is 150 cm³/mol. The number of ether oxygens (including phenoxy) is 1. The Hall–Kier alpha value is -4.86. The van der Waals surface area contributed by atoms with Gasteiger partial charge in [-0.05, 0) is 48.9 Å². The molecule has 1 heterocycles. The molecule has 42 heavy (non-hydrogen) atoms. The van der Waals surface area contributed by atoms with Crippen molar-refractivity contribution in [3.8, 4) is 17.2 Å². The molecule has 0 amide bonds. The number of carbonyl (C=O) groups is 2. The third kappa shape index (κ3) is 7.87. The topological polar surface area (TPSA) is 102 Å². The summed E-state index contributed by atoms with van der Waals surface area (Å²) in [4.78, 5) is 29.0. The number of allylic oxidation sites excluding steroid dienone is 2. The molecule has 4 aromatic rings. The number of halogens is 3. The Balaban J connectivity index is 1.35. The maximum absolute atomic E-state index is 12.8. The van der Waals surface area contributed by atoms with Gasteiger partial charge in [-0.25, -0.2) is 9.78 Å². The van der Waals surface area contributed by atoms with Gasteiger partial charge in [-0.3, -0.25) is 4.79 Å². The first-order valence-corrected chi connectivity index (χ1v) is 13.2. The lowest BCUT2D eigenvalue weighted by atomic mass is 10.0. The van der Waals surface area contributed by atoms with E-state index < -0.39 is 29.5 Å². The molecule has 1 aromatic heterocycles. The normalized spacial score (nSPS) is 12.5. The van der Waals surface area contributed by atoms with Crippen molar-refractivity contribution in [1.29, 1.82) is 0 Å². The molecule has 4 rings (SSSR count). The predicted octanol–water partition coefficient (Wildman–Crippen LogP) is 6.87.